The zero-order chi connectivity index (χ0) is 3.41. The van der Waals surface area contributed by atoms with E-state index in [0.717, 1.165) is 5.33 Å². The molecule has 0 rings (SSSR count). The maximum atomic E-state index is 3.25. The Labute approximate surface area is 44.3 Å². The molecule has 0 N–H and O–H groups in total. The number of rotatable bonds is 1. The first-order chi connectivity index (χ1) is 1.91. The summed E-state index contributed by atoms with van der Waals surface area (Å²) in [4.78, 5) is 0. The normalized spacial score (nSPS) is 7.75. The van der Waals surface area contributed by atoms with Crippen molar-refractivity contribution in [3.05, 3.63) is 0 Å². The van der Waals surface area contributed by atoms with E-state index in [4.69, 9.17) is 0 Å². The van der Waals surface area contributed by atoms with Crippen molar-refractivity contribution in [2.45, 2.75) is 5.09 Å². The fourth-order valence-electron chi connectivity index (χ4n) is 0. The molecule has 0 spiro atoms. The Kier molecular flexibility index (Phi) is 5.18. The van der Waals surface area contributed by atoms with E-state index in [0.29, 0.717) is 0 Å². The van der Waals surface area contributed by atoms with Gasteiger partial charge in [0.1, 0.15) is 0 Å². The van der Waals surface area contributed by atoms with Crippen LogP contribution >= 0.6 is 15.9 Å². The molecule has 0 aromatic carbocycles. The SMILES string of the molecule is [Li][CH2]CBr. The Morgan fingerprint density at radius 2 is 2.00 bits per heavy atom. The molecule has 0 radical (unpaired) electrons. The molecule has 0 aliphatic rings. The molecule has 0 nitrogen and oxygen atoms in total. The van der Waals surface area contributed by atoms with E-state index < -0.39 is 0 Å². The summed E-state index contributed by atoms with van der Waals surface area (Å²) in [5.41, 5.74) is 0. The van der Waals surface area contributed by atoms with E-state index in [-0.39, 0.29) is 0 Å². The third-order valence-electron chi connectivity index (χ3n) is 0.189. The van der Waals surface area contributed by atoms with Gasteiger partial charge in [-0.1, -0.05) is 0 Å². The summed E-state index contributed by atoms with van der Waals surface area (Å²) < 4.78 is 0. The third kappa shape index (κ3) is 3.08. The number of hydrogen-bond acceptors (Lipinski definition) is 0. The molecule has 0 aromatic rings. The second-order valence-corrected chi connectivity index (χ2v) is 1.48. The molecular weight excluding hydrogens is 111 g/mol. The van der Waals surface area contributed by atoms with Gasteiger partial charge >= 0.3 is 44.1 Å². The molecule has 4 heavy (non-hydrogen) atoms. The molecule has 0 aliphatic carbocycles. The van der Waals surface area contributed by atoms with Crippen molar-refractivity contribution in [2.24, 2.45) is 0 Å². The van der Waals surface area contributed by atoms with Crippen LogP contribution in [0.1, 0.15) is 0 Å². The zero-order valence-corrected chi connectivity index (χ0v) is 4.38. The molecule has 0 saturated carbocycles. The van der Waals surface area contributed by atoms with Crippen molar-refractivity contribution in [1.29, 1.82) is 0 Å². The van der Waals surface area contributed by atoms with E-state index in [1.807, 2.05) is 0 Å². The van der Waals surface area contributed by atoms with Gasteiger partial charge in [-0.2, -0.15) is 0 Å². The first kappa shape index (κ1) is 5.08. The monoisotopic (exact) mass is 114 g/mol. The zero-order valence-electron chi connectivity index (χ0n) is 2.79. The molecule has 0 aliphatic heterocycles. The van der Waals surface area contributed by atoms with Crippen molar-refractivity contribution < 1.29 is 0 Å². The molecular formula is C2H4BrLi. The standard InChI is InChI=1S/C2H4Br.Li/c1-2-3;/h1-2H2;. The van der Waals surface area contributed by atoms with Crippen LogP contribution in [0.25, 0.3) is 0 Å². The average molecular weight is 115 g/mol. The molecule has 0 amide bonds. The first-order valence-corrected chi connectivity index (χ1v) is 2.60. The van der Waals surface area contributed by atoms with Crippen molar-refractivity contribution in [3.8, 4) is 0 Å². The van der Waals surface area contributed by atoms with Crippen LogP contribution in [0, 0.1) is 0 Å². The van der Waals surface area contributed by atoms with Crippen molar-refractivity contribution in [2.75, 3.05) is 5.33 Å². The second kappa shape index (κ2) is 4.08. The van der Waals surface area contributed by atoms with Gasteiger partial charge in [0, 0.05) is 0 Å². The fraction of sp³-hybridized carbons (Fsp3) is 1.00. The van der Waals surface area contributed by atoms with Gasteiger partial charge in [-0.15, -0.1) is 0 Å². The molecule has 0 fully saturated rings. The average Bonchev–Trinajstić information content (AvgIpc) is 1.37. The topological polar surface area (TPSA) is 0 Å². The van der Waals surface area contributed by atoms with Crippen LogP contribution in [-0.4, -0.2) is 23.0 Å². The quantitative estimate of drug-likeness (QED) is 0.352. The predicted octanol–water partition coefficient (Wildman–Crippen LogP) is 0.968. The minimum atomic E-state index is 1.13. The van der Waals surface area contributed by atoms with Crippen LogP contribution in [0.3, 0.4) is 0 Å². The molecule has 0 aromatic heterocycles. The molecule has 0 saturated heterocycles. The summed E-state index contributed by atoms with van der Waals surface area (Å²) in [7, 11) is 0. The summed E-state index contributed by atoms with van der Waals surface area (Å²) in [6.07, 6.45) is 0. The molecule has 2 heteroatoms. The Morgan fingerprint density at radius 3 is 2.00 bits per heavy atom. The Bertz CT molecular complexity index is 8.00. The first-order valence-electron chi connectivity index (χ1n) is 1.47. The van der Waals surface area contributed by atoms with Crippen LogP contribution in [0.2, 0.25) is 5.09 Å². The van der Waals surface area contributed by atoms with Crippen molar-refractivity contribution >= 4 is 33.6 Å². The van der Waals surface area contributed by atoms with Gasteiger partial charge in [-0.3, -0.25) is 0 Å². The summed E-state index contributed by atoms with van der Waals surface area (Å²) in [6.45, 7) is 0. The van der Waals surface area contributed by atoms with E-state index in [9.17, 15) is 0 Å². The van der Waals surface area contributed by atoms with Gasteiger partial charge in [0.15, 0.2) is 0 Å². The summed E-state index contributed by atoms with van der Waals surface area (Å²) in [5.74, 6) is 0. The van der Waals surface area contributed by atoms with Crippen LogP contribution in [0.4, 0.5) is 0 Å². The van der Waals surface area contributed by atoms with Crippen molar-refractivity contribution in [1.82, 2.24) is 0 Å². The van der Waals surface area contributed by atoms with E-state index in [1.54, 1.807) is 0 Å². The van der Waals surface area contributed by atoms with Crippen LogP contribution in [0.15, 0.2) is 0 Å². The molecule has 20 valence electrons. The van der Waals surface area contributed by atoms with Gasteiger partial charge in [-0.05, 0) is 0 Å². The summed E-state index contributed by atoms with van der Waals surface area (Å²) in [6, 6.07) is 0. The van der Waals surface area contributed by atoms with Gasteiger partial charge in [0.05, 0.1) is 0 Å². The Balaban J connectivity index is 1.97. The Hall–Kier alpha value is 1.08. The number of halogens is 1. The number of alkyl halides is 1. The van der Waals surface area contributed by atoms with Gasteiger partial charge in [-0.25, -0.2) is 0 Å². The van der Waals surface area contributed by atoms with Crippen LogP contribution in [-0.2, 0) is 0 Å². The molecule has 0 heterocycles. The number of hydrogen-bond donors (Lipinski definition) is 0. The van der Waals surface area contributed by atoms with E-state index in [2.05, 4.69) is 33.6 Å². The minimum absolute atomic E-state index is 1.13. The molecule has 0 unspecified atom stereocenters. The van der Waals surface area contributed by atoms with Crippen LogP contribution in [0.5, 0.6) is 0 Å². The van der Waals surface area contributed by atoms with Gasteiger partial charge in [0.2, 0.25) is 0 Å². The Morgan fingerprint density at radius 1 is 1.75 bits per heavy atom. The van der Waals surface area contributed by atoms with Gasteiger partial charge < -0.3 is 0 Å². The molecule has 0 bridgehead atoms. The second-order valence-electron chi connectivity index (χ2n) is 0.689. The van der Waals surface area contributed by atoms with Gasteiger partial charge in [0.25, 0.3) is 0 Å². The summed E-state index contributed by atoms with van der Waals surface area (Å²) >= 11 is 5.38. The van der Waals surface area contributed by atoms with Crippen LogP contribution < -0.4 is 0 Å². The maximum absolute atomic E-state index is 3.25. The van der Waals surface area contributed by atoms with Crippen molar-refractivity contribution in [3.63, 3.8) is 0 Å². The third-order valence-corrected chi connectivity index (χ3v) is 0.982. The van der Waals surface area contributed by atoms with E-state index >= 15 is 0 Å². The molecule has 0 atom stereocenters. The summed E-state index contributed by atoms with van der Waals surface area (Å²) in [5, 5.41) is 2.37. The fourth-order valence-corrected chi connectivity index (χ4v) is 0. The predicted molar refractivity (Wildman–Crippen MR) is 24.4 cm³/mol. The van der Waals surface area contributed by atoms with E-state index in [1.165, 1.54) is 5.09 Å².